The van der Waals surface area contributed by atoms with Crippen LogP contribution < -0.4 is 14.2 Å². The van der Waals surface area contributed by atoms with E-state index in [2.05, 4.69) is 36.4 Å². The van der Waals surface area contributed by atoms with Gasteiger partial charge in [-0.15, -0.1) is 0 Å². The number of esters is 3. The molecule has 0 N–H and O–H groups in total. The fourth-order valence-electron chi connectivity index (χ4n) is 6.90. The lowest BCUT2D eigenvalue weighted by molar-refractivity contribution is -0.141. The topological polar surface area (TPSA) is 107 Å². The van der Waals surface area contributed by atoms with E-state index >= 15 is 0 Å². The minimum Gasteiger partial charge on any atom is -0.494 e. The van der Waals surface area contributed by atoms with Crippen LogP contribution in [0.3, 0.4) is 0 Å². The van der Waals surface area contributed by atoms with E-state index < -0.39 is 0 Å². The number of benzene rings is 2. The van der Waals surface area contributed by atoms with E-state index in [1.807, 2.05) is 18.2 Å². The van der Waals surface area contributed by atoms with Crippen molar-refractivity contribution in [3.63, 3.8) is 0 Å². The highest BCUT2D eigenvalue weighted by atomic mass is 16.5. The van der Waals surface area contributed by atoms with Crippen molar-refractivity contribution in [2.45, 2.75) is 173 Å². The maximum atomic E-state index is 11.3. The molecular formula is C50H78O9. The molecule has 0 spiro atoms. The standard InChI is InChI=1S/C50H78O9/c1-54-48(51)28-22-16-10-4-7-13-19-25-37-57-45-35-33-43(34-36-45)31-32-44-40-46(58-38-26-20-14-8-5-11-17-23-29-49(52)55-2)42-47(41-44)59-39-27-21-15-9-6-12-18-24-30-50(53)56-3/h31-36,40-42H,4-30,37-39H2,1-3H3/b32-31+. The molecule has 2 aromatic carbocycles. The highest BCUT2D eigenvalue weighted by molar-refractivity contribution is 5.71. The smallest absolute Gasteiger partial charge is 0.305 e. The van der Waals surface area contributed by atoms with E-state index in [9.17, 15) is 14.4 Å². The van der Waals surface area contributed by atoms with Gasteiger partial charge in [-0.05, 0) is 73.9 Å². The molecule has 0 saturated heterocycles. The Labute approximate surface area is 357 Å². The van der Waals surface area contributed by atoms with Gasteiger partial charge in [0.05, 0.1) is 41.2 Å². The molecule has 0 unspecified atom stereocenters. The van der Waals surface area contributed by atoms with Crippen molar-refractivity contribution < 1.29 is 42.8 Å². The molecule has 0 aliphatic rings. The Bertz CT molecular complexity index is 1330. The van der Waals surface area contributed by atoms with Gasteiger partial charge in [-0.1, -0.05) is 140 Å². The molecule has 0 aliphatic heterocycles. The van der Waals surface area contributed by atoms with Gasteiger partial charge in [0.15, 0.2) is 0 Å². The van der Waals surface area contributed by atoms with E-state index in [4.69, 9.17) is 28.4 Å². The SMILES string of the molecule is COC(=O)CCCCCCCCCCOc1ccc(/C=C/c2cc(OCCCCCCCCCCC(=O)OC)cc(OCCCCCCCCCCC(=O)OC)c2)cc1. The lowest BCUT2D eigenvalue weighted by atomic mass is 10.1. The van der Waals surface area contributed by atoms with Crippen LogP contribution in [0, 0.1) is 0 Å². The maximum absolute atomic E-state index is 11.3. The van der Waals surface area contributed by atoms with Crippen LogP contribution in [0.1, 0.15) is 184 Å². The molecule has 9 heteroatoms. The first-order valence-corrected chi connectivity index (χ1v) is 23.0. The zero-order valence-corrected chi connectivity index (χ0v) is 37.1. The van der Waals surface area contributed by atoms with Crippen molar-refractivity contribution in [3.8, 4) is 17.2 Å². The van der Waals surface area contributed by atoms with Gasteiger partial charge in [0.2, 0.25) is 0 Å². The Morgan fingerprint density at radius 1 is 0.356 bits per heavy atom. The van der Waals surface area contributed by atoms with Gasteiger partial charge < -0.3 is 28.4 Å². The molecule has 0 aliphatic carbocycles. The van der Waals surface area contributed by atoms with Crippen molar-refractivity contribution in [2.75, 3.05) is 41.2 Å². The summed E-state index contributed by atoms with van der Waals surface area (Å²) in [6, 6.07) is 14.5. The largest absolute Gasteiger partial charge is 0.494 e. The average molecular weight is 823 g/mol. The Morgan fingerprint density at radius 3 is 0.983 bits per heavy atom. The molecule has 0 fully saturated rings. The number of ether oxygens (including phenoxy) is 6. The Balaban J connectivity index is 1.76. The highest BCUT2D eigenvalue weighted by Crippen LogP contribution is 2.26. The number of unbranched alkanes of at least 4 members (excludes halogenated alkanes) is 21. The fourth-order valence-corrected chi connectivity index (χ4v) is 6.90. The monoisotopic (exact) mass is 823 g/mol. The summed E-state index contributed by atoms with van der Waals surface area (Å²) in [5, 5.41) is 0. The third-order valence-electron chi connectivity index (χ3n) is 10.6. The van der Waals surface area contributed by atoms with Crippen molar-refractivity contribution in [2.24, 2.45) is 0 Å². The second kappa shape index (κ2) is 35.9. The third kappa shape index (κ3) is 29.0. The number of carbonyl (C=O) groups excluding carboxylic acids is 3. The van der Waals surface area contributed by atoms with Crippen LogP contribution >= 0.6 is 0 Å². The summed E-state index contributed by atoms with van der Waals surface area (Å²) < 4.78 is 32.6. The van der Waals surface area contributed by atoms with Crippen LogP contribution in [-0.4, -0.2) is 59.1 Å². The van der Waals surface area contributed by atoms with Gasteiger partial charge in [-0.25, -0.2) is 0 Å². The zero-order chi connectivity index (χ0) is 42.4. The average Bonchev–Trinajstić information content (AvgIpc) is 3.25. The molecule has 59 heavy (non-hydrogen) atoms. The number of methoxy groups -OCH3 is 3. The molecule has 0 aromatic heterocycles. The minimum absolute atomic E-state index is 0.109. The molecule has 9 nitrogen and oxygen atoms in total. The molecule has 0 amide bonds. The molecule has 0 radical (unpaired) electrons. The van der Waals surface area contributed by atoms with Gasteiger partial charge in [0.1, 0.15) is 17.2 Å². The Kier molecular flexibility index (Phi) is 31.1. The van der Waals surface area contributed by atoms with Crippen LogP contribution in [0.2, 0.25) is 0 Å². The number of hydrogen-bond acceptors (Lipinski definition) is 9. The van der Waals surface area contributed by atoms with Gasteiger partial charge in [0, 0.05) is 25.3 Å². The van der Waals surface area contributed by atoms with Crippen LogP contribution in [0.4, 0.5) is 0 Å². The predicted octanol–water partition coefficient (Wildman–Crippen LogP) is 13.0. The molecular weight excluding hydrogens is 745 g/mol. The lowest BCUT2D eigenvalue weighted by Crippen LogP contribution is -2.01. The second-order valence-corrected chi connectivity index (χ2v) is 15.6. The summed E-state index contributed by atoms with van der Waals surface area (Å²) in [6.45, 7) is 2.08. The first-order valence-electron chi connectivity index (χ1n) is 23.0. The normalized spacial score (nSPS) is 11.1. The summed E-state index contributed by atoms with van der Waals surface area (Å²) in [5.74, 6) is 2.22. The summed E-state index contributed by atoms with van der Waals surface area (Å²) in [5.41, 5.74) is 2.14. The number of carbonyl (C=O) groups is 3. The molecule has 0 atom stereocenters. The Morgan fingerprint density at radius 2 is 0.644 bits per heavy atom. The van der Waals surface area contributed by atoms with Crippen molar-refractivity contribution in [1.29, 1.82) is 0 Å². The van der Waals surface area contributed by atoms with Crippen LogP contribution in [0.5, 0.6) is 17.2 Å². The molecule has 2 aromatic rings. The maximum Gasteiger partial charge on any atom is 0.305 e. The van der Waals surface area contributed by atoms with Crippen LogP contribution in [0.15, 0.2) is 42.5 Å². The minimum atomic E-state index is -0.113. The summed E-state index contributed by atoms with van der Waals surface area (Å²) in [7, 11) is 4.35. The Hall–Kier alpha value is -4.01. The van der Waals surface area contributed by atoms with E-state index in [-0.39, 0.29) is 17.9 Å². The van der Waals surface area contributed by atoms with Crippen molar-refractivity contribution in [1.82, 2.24) is 0 Å². The summed E-state index contributed by atoms with van der Waals surface area (Å²) in [6.07, 6.45) is 32.7. The highest BCUT2D eigenvalue weighted by Gasteiger charge is 2.05. The zero-order valence-electron chi connectivity index (χ0n) is 37.1. The molecule has 332 valence electrons. The van der Waals surface area contributed by atoms with Crippen molar-refractivity contribution >= 4 is 30.1 Å². The third-order valence-corrected chi connectivity index (χ3v) is 10.6. The van der Waals surface area contributed by atoms with Crippen LogP contribution in [0.25, 0.3) is 12.2 Å². The molecule has 0 bridgehead atoms. The first kappa shape index (κ1) is 51.1. The summed E-state index contributed by atoms with van der Waals surface area (Å²) in [4.78, 5) is 33.7. The quantitative estimate of drug-likeness (QED) is 0.0283. The molecule has 0 heterocycles. The first-order chi connectivity index (χ1) is 28.9. The van der Waals surface area contributed by atoms with Gasteiger partial charge in [0.25, 0.3) is 0 Å². The number of rotatable bonds is 38. The molecule has 0 saturated carbocycles. The number of hydrogen-bond donors (Lipinski definition) is 0. The molecule has 2 rings (SSSR count). The van der Waals surface area contributed by atoms with E-state index in [1.165, 1.54) is 105 Å². The lowest BCUT2D eigenvalue weighted by Gasteiger charge is -2.12. The van der Waals surface area contributed by atoms with E-state index in [0.717, 1.165) is 106 Å². The van der Waals surface area contributed by atoms with Crippen LogP contribution in [-0.2, 0) is 28.6 Å². The van der Waals surface area contributed by atoms with Gasteiger partial charge >= 0.3 is 17.9 Å². The van der Waals surface area contributed by atoms with E-state index in [0.29, 0.717) is 32.5 Å². The van der Waals surface area contributed by atoms with Crippen molar-refractivity contribution in [3.05, 3.63) is 53.6 Å². The van der Waals surface area contributed by atoms with E-state index in [1.54, 1.807) is 0 Å². The summed E-state index contributed by atoms with van der Waals surface area (Å²) >= 11 is 0. The van der Waals surface area contributed by atoms with Gasteiger partial charge in [-0.2, -0.15) is 0 Å². The second-order valence-electron chi connectivity index (χ2n) is 15.6. The fraction of sp³-hybridized carbons (Fsp3) is 0.660. The predicted molar refractivity (Wildman–Crippen MR) is 239 cm³/mol. The van der Waals surface area contributed by atoms with Gasteiger partial charge in [-0.3, -0.25) is 14.4 Å².